The molecule has 1 N–H and O–H groups in total. The molecule has 0 fully saturated rings. The van der Waals surface area contributed by atoms with E-state index >= 15 is 0 Å². The van der Waals surface area contributed by atoms with E-state index in [0.717, 1.165) is 47.5 Å². The Kier molecular flexibility index (Phi) is 7.93. The Morgan fingerprint density at radius 1 is 1.26 bits per heavy atom. The van der Waals surface area contributed by atoms with Gasteiger partial charge in [-0.2, -0.15) is 5.10 Å². The Hall–Kier alpha value is -3.06. The van der Waals surface area contributed by atoms with Crippen molar-refractivity contribution >= 4 is 78.7 Å². The van der Waals surface area contributed by atoms with Crippen LogP contribution >= 0.6 is 50.6 Å². The van der Waals surface area contributed by atoms with E-state index in [1.54, 1.807) is 15.9 Å². The van der Waals surface area contributed by atoms with Gasteiger partial charge in [0.1, 0.15) is 4.83 Å². The second kappa shape index (κ2) is 11.4. The van der Waals surface area contributed by atoms with E-state index in [-0.39, 0.29) is 22.0 Å². The molecule has 0 saturated carbocycles. The van der Waals surface area contributed by atoms with Crippen LogP contribution in [-0.4, -0.2) is 32.3 Å². The van der Waals surface area contributed by atoms with Gasteiger partial charge in [0.15, 0.2) is 5.16 Å². The number of nitrogens with zero attached hydrogens (tertiary/aromatic N) is 4. The number of nitro groups is 1. The number of rotatable bonds is 7. The third-order valence-electron chi connectivity index (χ3n) is 5.96. The molecule has 0 saturated heterocycles. The number of non-ortho nitro benzene ring substituents is 1. The molecule has 1 amide bonds. The fourth-order valence-corrected chi connectivity index (χ4v) is 6.72. The van der Waals surface area contributed by atoms with Gasteiger partial charge < -0.3 is 0 Å². The molecule has 0 unspecified atom stereocenters. The first-order valence-electron chi connectivity index (χ1n) is 11.5. The van der Waals surface area contributed by atoms with Crippen molar-refractivity contribution in [3.05, 3.63) is 88.4 Å². The number of benzene rings is 2. The molecule has 2 heterocycles. The molecule has 13 heteroatoms. The number of carbonyl (C=O) groups is 1. The minimum atomic E-state index is -0.540. The average Bonchev–Trinajstić information content (AvgIpc) is 3.28. The summed E-state index contributed by atoms with van der Waals surface area (Å²) in [6.45, 7) is 0. The summed E-state index contributed by atoms with van der Waals surface area (Å²) in [5.74, 6) is -0.491. The van der Waals surface area contributed by atoms with E-state index in [4.69, 9.17) is 16.6 Å². The van der Waals surface area contributed by atoms with Gasteiger partial charge >= 0.3 is 0 Å². The lowest BCUT2D eigenvalue weighted by Gasteiger charge is -2.13. The van der Waals surface area contributed by atoms with Crippen LogP contribution in [0.4, 0.5) is 5.69 Å². The summed E-state index contributed by atoms with van der Waals surface area (Å²) in [4.78, 5) is 43.5. The Morgan fingerprint density at radius 3 is 2.79 bits per heavy atom. The van der Waals surface area contributed by atoms with E-state index in [1.165, 1.54) is 29.3 Å². The highest BCUT2D eigenvalue weighted by molar-refractivity contribution is 9.10. The van der Waals surface area contributed by atoms with Crippen molar-refractivity contribution in [2.24, 2.45) is 5.10 Å². The predicted octanol–water partition coefficient (Wildman–Crippen LogP) is 5.89. The third-order valence-corrected chi connectivity index (χ3v) is 8.96. The van der Waals surface area contributed by atoms with Crippen molar-refractivity contribution in [1.82, 2.24) is 15.0 Å². The number of thiophene rings is 1. The molecule has 194 valence electrons. The number of halogens is 2. The van der Waals surface area contributed by atoms with Gasteiger partial charge in [-0.05, 0) is 61.6 Å². The molecule has 1 aliphatic carbocycles. The first-order chi connectivity index (χ1) is 18.3. The molecule has 0 aliphatic heterocycles. The number of amides is 1. The highest BCUT2D eigenvalue weighted by atomic mass is 79.9. The number of hydrazone groups is 1. The van der Waals surface area contributed by atoms with Crippen molar-refractivity contribution < 1.29 is 9.72 Å². The van der Waals surface area contributed by atoms with Crippen LogP contribution in [0.1, 0.15) is 28.8 Å². The molecular weight excluding hydrogens is 614 g/mol. The first kappa shape index (κ1) is 26.5. The van der Waals surface area contributed by atoms with Gasteiger partial charge in [-0.3, -0.25) is 24.3 Å². The largest absolute Gasteiger partial charge is 0.272 e. The summed E-state index contributed by atoms with van der Waals surface area (Å²) in [5.41, 5.74) is 4.17. The van der Waals surface area contributed by atoms with Gasteiger partial charge in [-0.1, -0.05) is 39.3 Å². The Morgan fingerprint density at radius 2 is 2.03 bits per heavy atom. The molecular formula is C25H19BrClN5O4S2. The van der Waals surface area contributed by atoms with Crippen LogP contribution in [0.25, 0.3) is 15.9 Å². The number of aryl methyl sites for hydroxylation is 2. The van der Waals surface area contributed by atoms with Crippen LogP contribution in [0.15, 0.2) is 62.0 Å². The van der Waals surface area contributed by atoms with E-state index in [0.29, 0.717) is 26.6 Å². The average molecular weight is 633 g/mol. The van der Waals surface area contributed by atoms with Gasteiger partial charge in [0.05, 0.1) is 28.0 Å². The van der Waals surface area contributed by atoms with E-state index in [9.17, 15) is 19.7 Å². The maximum absolute atomic E-state index is 13.8. The summed E-state index contributed by atoms with van der Waals surface area (Å²) in [6, 6.07) is 11.3. The Bertz CT molecular complexity index is 1650. The van der Waals surface area contributed by atoms with Crippen LogP contribution < -0.4 is 11.0 Å². The number of nitro benzene ring substituents is 1. The smallest absolute Gasteiger partial charge is 0.270 e. The van der Waals surface area contributed by atoms with Crippen LogP contribution in [0, 0.1) is 10.1 Å². The lowest BCUT2D eigenvalue weighted by Crippen LogP contribution is -2.24. The van der Waals surface area contributed by atoms with Gasteiger partial charge in [-0.15, -0.1) is 11.3 Å². The molecule has 2 aromatic carbocycles. The number of aromatic nitrogens is 2. The van der Waals surface area contributed by atoms with Crippen LogP contribution in [0.2, 0.25) is 5.02 Å². The van der Waals surface area contributed by atoms with Crippen molar-refractivity contribution in [1.29, 1.82) is 0 Å². The fraction of sp³-hybridized carbons (Fsp3) is 0.200. The van der Waals surface area contributed by atoms with E-state index in [1.807, 2.05) is 24.3 Å². The lowest BCUT2D eigenvalue weighted by atomic mass is 9.97. The van der Waals surface area contributed by atoms with Gasteiger partial charge in [0, 0.05) is 32.1 Å². The summed E-state index contributed by atoms with van der Waals surface area (Å²) in [6.07, 6.45) is 5.22. The van der Waals surface area contributed by atoms with Crippen molar-refractivity contribution in [2.75, 3.05) is 5.75 Å². The molecule has 4 aromatic rings. The van der Waals surface area contributed by atoms with Crippen molar-refractivity contribution in [2.45, 2.75) is 30.8 Å². The van der Waals surface area contributed by atoms with Crippen LogP contribution in [-0.2, 0) is 17.6 Å². The zero-order chi connectivity index (χ0) is 26.8. The Balaban J connectivity index is 1.40. The molecule has 5 rings (SSSR count). The number of thioether (sulfide) groups is 1. The van der Waals surface area contributed by atoms with Gasteiger partial charge in [0.25, 0.3) is 17.2 Å². The molecule has 38 heavy (non-hydrogen) atoms. The monoisotopic (exact) mass is 631 g/mol. The molecule has 0 spiro atoms. The number of carbonyl (C=O) groups excluding carboxylic acids is 1. The zero-order valence-corrected chi connectivity index (χ0v) is 23.6. The highest BCUT2D eigenvalue weighted by Gasteiger charge is 2.23. The number of hydrogen-bond acceptors (Lipinski definition) is 8. The molecule has 0 atom stereocenters. The van der Waals surface area contributed by atoms with E-state index < -0.39 is 10.8 Å². The quantitative estimate of drug-likeness (QED) is 0.0892. The molecule has 0 radical (unpaired) electrons. The summed E-state index contributed by atoms with van der Waals surface area (Å²) in [5, 5.41) is 16.2. The number of hydrogen-bond donors (Lipinski definition) is 1. The maximum atomic E-state index is 13.8. The minimum Gasteiger partial charge on any atom is -0.272 e. The lowest BCUT2D eigenvalue weighted by molar-refractivity contribution is -0.384. The maximum Gasteiger partial charge on any atom is 0.270 e. The van der Waals surface area contributed by atoms with Crippen LogP contribution in [0.3, 0.4) is 0 Å². The fourth-order valence-electron chi connectivity index (χ4n) is 4.18. The SMILES string of the molecule is O=C(CSc1nc2sc3c(c2c(=O)n1-c1ccc(Br)cc1)CCCC3)NN=Cc1cc([N+](=O)[O-])ccc1Cl. The minimum absolute atomic E-state index is 0.0560. The first-order valence-corrected chi connectivity index (χ1v) is 14.5. The molecule has 2 aromatic heterocycles. The summed E-state index contributed by atoms with van der Waals surface area (Å²) in [7, 11) is 0. The zero-order valence-electron chi connectivity index (χ0n) is 19.6. The second-order valence-electron chi connectivity index (χ2n) is 8.45. The molecule has 1 aliphatic rings. The Labute approximate surface area is 238 Å². The van der Waals surface area contributed by atoms with Crippen molar-refractivity contribution in [3.8, 4) is 5.69 Å². The normalized spacial score (nSPS) is 13.1. The van der Waals surface area contributed by atoms with Gasteiger partial charge in [0.2, 0.25) is 0 Å². The molecule has 9 nitrogen and oxygen atoms in total. The standard InChI is InChI=1S/C25H19BrClN5O4S2/c26-15-5-7-16(8-6-15)31-24(34)22-18-3-1-2-4-20(18)38-23(22)29-25(31)37-13-21(33)30-28-12-14-11-17(32(35)36)9-10-19(14)27/h5-12H,1-4,13H2,(H,30,33). The summed E-state index contributed by atoms with van der Waals surface area (Å²) < 4.78 is 2.44. The van der Waals surface area contributed by atoms with E-state index in [2.05, 4.69) is 26.5 Å². The topological polar surface area (TPSA) is 119 Å². The summed E-state index contributed by atoms with van der Waals surface area (Å²) >= 11 is 12.2. The number of fused-ring (bicyclic) bond motifs is 3. The van der Waals surface area contributed by atoms with Crippen molar-refractivity contribution in [3.63, 3.8) is 0 Å². The number of nitrogens with one attached hydrogen (secondary N) is 1. The van der Waals surface area contributed by atoms with Gasteiger partial charge in [-0.25, -0.2) is 10.4 Å². The second-order valence-corrected chi connectivity index (χ2v) is 11.8. The highest BCUT2D eigenvalue weighted by Crippen LogP contribution is 2.35. The van der Waals surface area contributed by atoms with Crippen LogP contribution in [0.5, 0.6) is 0 Å². The predicted molar refractivity (Wildman–Crippen MR) is 154 cm³/mol. The molecule has 0 bridgehead atoms. The third kappa shape index (κ3) is 5.53.